The normalized spacial score (nSPS) is 16.3. The van der Waals surface area contributed by atoms with Crippen molar-refractivity contribution in [2.75, 3.05) is 16.8 Å². The second-order valence-electron chi connectivity index (χ2n) is 7.84. The third kappa shape index (κ3) is 4.41. The summed E-state index contributed by atoms with van der Waals surface area (Å²) < 4.78 is 0.859. The van der Waals surface area contributed by atoms with Gasteiger partial charge in [-0.1, -0.05) is 50.3 Å². The first-order valence-corrected chi connectivity index (χ1v) is 12.5. The van der Waals surface area contributed by atoms with Crippen LogP contribution in [0.3, 0.4) is 0 Å². The highest BCUT2D eigenvalue weighted by atomic mass is 32.2. The van der Waals surface area contributed by atoms with Gasteiger partial charge in [0.1, 0.15) is 9.71 Å². The first-order chi connectivity index (χ1) is 13.9. The standard InChI is InChI=1S/C20H25N5OS3/c1-4-11-5-6-14-12(7-11)8-13-15(21)16(28-18(13)22-14)17(26)23-19-24-25-20(29-19)27-9-10(2)3/h8,10-11H,4-7,9,21H2,1-3H3,(H,23,24,26)/t11-/m0/s1. The van der Waals surface area contributed by atoms with Crippen LogP contribution in [0.1, 0.15) is 54.5 Å². The van der Waals surface area contributed by atoms with Crippen molar-refractivity contribution in [3.8, 4) is 0 Å². The maximum atomic E-state index is 12.8. The molecule has 0 aliphatic heterocycles. The minimum atomic E-state index is -0.244. The van der Waals surface area contributed by atoms with Crippen LogP contribution in [0.2, 0.25) is 0 Å². The monoisotopic (exact) mass is 447 g/mol. The number of hydrogen-bond acceptors (Lipinski definition) is 8. The van der Waals surface area contributed by atoms with Crippen molar-refractivity contribution in [3.63, 3.8) is 0 Å². The molecule has 3 aromatic heterocycles. The predicted molar refractivity (Wildman–Crippen MR) is 123 cm³/mol. The lowest BCUT2D eigenvalue weighted by molar-refractivity contribution is 0.103. The Balaban J connectivity index is 1.54. The Morgan fingerprint density at radius 1 is 1.38 bits per heavy atom. The number of nitrogens with zero attached hydrogens (tertiary/aromatic N) is 3. The zero-order valence-electron chi connectivity index (χ0n) is 16.8. The van der Waals surface area contributed by atoms with Crippen LogP contribution in [-0.4, -0.2) is 26.8 Å². The number of rotatable bonds is 6. The molecule has 0 saturated carbocycles. The van der Waals surface area contributed by atoms with Crippen molar-refractivity contribution in [3.05, 3.63) is 22.2 Å². The summed E-state index contributed by atoms with van der Waals surface area (Å²) in [6.07, 6.45) is 4.42. The number of anilines is 2. The topological polar surface area (TPSA) is 93.8 Å². The minimum absolute atomic E-state index is 0.244. The fraction of sp³-hybridized carbons (Fsp3) is 0.500. The van der Waals surface area contributed by atoms with Crippen LogP contribution in [0.25, 0.3) is 10.2 Å². The van der Waals surface area contributed by atoms with E-state index >= 15 is 0 Å². The van der Waals surface area contributed by atoms with Crippen molar-refractivity contribution in [1.82, 2.24) is 15.2 Å². The SMILES string of the molecule is CC[C@H]1CCc2nc3sc(C(=O)Nc4nnc(SCC(C)C)s4)c(N)c3cc2C1. The van der Waals surface area contributed by atoms with Gasteiger partial charge in [-0.3, -0.25) is 10.1 Å². The van der Waals surface area contributed by atoms with E-state index < -0.39 is 0 Å². The zero-order chi connectivity index (χ0) is 20.5. The third-order valence-corrected chi connectivity index (χ3v) is 8.65. The van der Waals surface area contributed by atoms with Crippen LogP contribution in [0.5, 0.6) is 0 Å². The number of aryl methyl sites for hydroxylation is 1. The molecule has 29 heavy (non-hydrogen) atoms. The van der Waals surface area contributed by atoms with Gasteiger partial charge in [-0.25, -0.2) is 4.98 Å². The Morgan fingerprint density at radius 2 is 2.21 bits per heavy atom. The molecule has 6 nitrogen and oxygen atoms in total. The van der Waals surface area contributed by atoms with Gasteiger partial charge in [-0.2, -0.15) is 0 Å². The summed E-state index contributed by atoms with van der Waals surface area (Å²) in [6.45, 7) is 6.56. The highest BCUT2D eigenvalue weighted by Crippen LogP contribution is 2.37. The molecule has 0 aromatic carbocycles. The molecule has 1 aliphatic carbocycles. The van der Waals surface area contributed by atoms with Gasteiger partial charge in [0.2, 0.25) is 5.13 Å². The fourth-order valence-electron chi connectivity index (χ4n) is 3.49. The number of hydrogen-bond donors (Lipinski definition) is 2. The van der Waals surface area contributed by atoms with Crippen molar-refractivity contribution in [2.24, 2.45) is 11.8 Å². The van der Waals surface area contributed by atoms with Gasteiger partial charge in [0.15, 0.2) is 4.34 Å². The van der Waals surface area contributed by atoms with E-state index in [0.29, 0.717) is 27.5 Å². The highest BCUT2D eigenvalue weighted by Gasteiger charge is 2.23. The number of pyridine rings is 1. The molecular formula is C20H25N5OS3. The van der Waals surface area contributed by atoms with Gasteiger partial charge in [-0.05, 0) is 42.7 Å². The van der Waals surface area contributed by atoms with Crippen LogP contribution in [0, 0.1) is 11.8 Å². The van der Waals surface area contributed by atoms with Crippen molar-refractivity contribution in [1.29, 1.82) is 0 Å². The second-order valence-corrected chi connectivity index (χ2v) is 11.1. The molecule has 4 rings (SSSR count). The van der Waals surface area contributed by atoms with Gasteiger partial charge >= 0.3 is 0 Å². The average Bonchev–Trinajstić information content (AvgIpc) is 3.28. The molecule has 1 aliphatic rings. The summed E-state index contributed by atoms with van der Waals surface area (Å²) in [5.74, 6) is 2.02. The maximum Gasteiger partial charge on any atom is 0.269 e. The molecule has 3 N–H and O–H groups in total. The fourth-order valence-corrected chi connectivity index (χ4v) is 6.21. The minimum Gasteiger partial charge on any atom is -0.397 e. The van der Waals surface area contributed by atoms with Crippen LogP contribution in [-0.2, 0) is 12.8 Å². The number of fused-ring (bicyclic) bond motifs is 2. The highest BCUT2D eigenvalue weighted by molar-refractivity contribution is 8.01. The van der Waals surface area contributed by atoms with E-state index in [1.165, 1.54) is 41.1 Å². The predicted octanol–water partition coefficient (Wildman–Crippen LogP) is 5.25. The molecule has 0 saturated heterocycles. The Kier molecular flexibility index (Phi) is 6.08. The summed E-state index contributed by atoms with van der Waals surface area (Å²) >= 11 is 4.40. The smallest absolute Gasteiger partial charge is 0.269 e. The Morgan fingerprint density at radius 3 is 2.97 bits per heavy atom. The van der Waals surface area contributed by atoms with Gasteiger partial charge < -0.3 is 5.73 Å². The maximum absolute atomic E-state index is 12.8. The molecular weight excluding hydrogens is 422 g/mol. The van der Waals surface area contributed by atoms with E-state index in [1.807, 2.05) is 0 Å². The Hall–Kier alpha value is -1.71. The molecule has 0 radical (unpaired) electrons. The van der Waals surface area contributed by atoms with Gasteiger partial charge in [0.05, 0.1) is 5.69 Å². The summed E-state index contributed by atoms with van der Waals surface area (Å²) in [6, 6.07) is 2.15. The van der Waals surface area contributed by atoms with Crippen LogP contribution in [0.15, 0.2) is 10.4 Å². The van der Waals surface area contributed by atoms with Gasteiger partial charge in [-0.15, -0.1) is 21.5 Å². The number of amides is 1. The molecule has 0 fully saturated rings. The second kappa shape index (κ2) is 8.57. The molecule has 0 spiro atoms. The number of nitrogen functional groups attached to an aromatic ring is 1. The molecule has 3 aromatic rings. The molecule has 3 heterocycles. The van der Waals surface area contributed by atoms with E-state index in [4.69, 9.17) is 10.7 Å². The first-order valence-electron chi connectivity index (χ1n) is 9.93. The van der Waals surface area contributed by atoms with Crippen LogP contribution >= 0.6 is 34.4 Å². The van der Waals surface area contributed by atoms with Crippen LogP contribution in [0.4, 0.5) is 10.8 Å². The summed E-state index contributed by atoms with van der Waals surface area (Å²) in [5.41, 5.74) is 9.30. The van der Waals surface area contributed by atoms with E-state index in [1.54, 1.807) is 11.8 Å². The molecule has 9 heteroatoms. The number of aromatic nitrogens is 3. The lowest BCUT2D eigenvalue weighted by atomic mass is 9.85. The third-order valence-electron chi connectivity index (χ3n) is 5.14. The zero-order valence-corrected chi connectivity index (χ0v) is 19.3. The molecule has 1 atom stereocenters. The number of nitrogens with one attached hydrogen (secondary N) is 1. The van der Waals surface area contributed by atoms with E-state index in [2.05, 4.69) is 42.4 Å². The number of nitrogens with two attached hydrogens (primary N) is 1. The summed E-state index contributed by atoms with van der Waals surface area (Å²) in [7, 11) is 0. The summed E-state index contributed by atoms with van der Waals surface area (Å²) in [4.78, 5) is 19.0. The van der Waals surface area contributed by atoms with Gasteiger partial charge in [0.25, 0.3) is 5.91 Å². The number of thioether (sulfide) groups is 1. The molecule has 1 amide bonds. The van der Waals surface area contributed by atoms with E-state index in [9.17, 15) is 4.79 Å². The first kappa shape index (κ1) is 20.6. The summed E-state index contributed by atoms with van der Waals surface area (Å²) in [5, 5.41) is 12.5. The van der Waals surface area contributed by atoms with Crippen molar-refractivity contribution >= 4 is 61.4 Å². The molecule has 154 valence electrons. The van der Waals surface area contributed by atoms with E-state index in [-0.39, 0.29) is 5.91 Å². The van der Waals surface area contributed by atoms with Crippen LogP contribution < -0.4 is 11.1 Å². The van der Waals surface area contributed by atoms with Crippen molar-refractivity contribution in [2.45, 2.75) is 50.8 Å². The Bertz CT molecular complexity index is 1040. The Labute approximate surface area is 182 Å². The van der Waals surface area contributed by atoms with E-state index in [0.717, 1.165) is 38.8 Å². The number of carbonyl (C=O) groups is 1. The van der Waals surface area contributed by atoms with Gasteiger partial charge in [0, 0.05) is 16.8 Å². The molecule has 0 unspecified atom stereocenters. The lowest BCUT2D eigenvalue weighted by Gasteiger charge is -2.22. The molecule has 0 bridgehead atoms. The lowest BCUT2D eigenvalue weighted by Crippen LogP contribution is -2.14. The largest absolute Gasteiger partial charge is 0.397 e. The number of carbonyl (C=O) groups excluding carboxylic acids is 1. The number of thiophene rings is 1. The average molecular weight is 448 g/mol. The van der Waals surface area contributed by atoms with Crippen molar-refractivity contribution < 1.29 is 4.79 Å². The quantitative estimate of drug-likeness (QED) is 0.396.